The number of rotatable bonds is 0. The molecule has 2 heteroatoms. The molecule has 14 rings (SSSR count). The maximum absolute atomic E-state index is 16.0. The lowest BCUT2D eigenvalue weighted by Gasteiger charge is -3.41. The summed E-state index contributed by atoms with van der Waals surface area (Å²) in [5, 5.41) is 0. The van der Waals surface area contributed by atoms with Gasteiger partial charge < -0.3 is 0 Å². The summed E-state index contributed by atoms with van der Waals surface area (Å²) >= 11 is 0. The molecule has 0 aliphatic heterocycles. The quantitative estimate of drug-likeness (QED) is 0.550. The monoisotopic (exact) mass is 388 g/mol. The van der Waals surface area contributed by atoms with Gasteiger partial charge in [-0.2, -0.15) is 0 Å². The minimum absolute atomic E-state index is 0.340. The van der Waals surface area contributed by atoms with Crippen LogP contribution < -0.4 is 0 Å². The van der Waals surface area contributed by atoms with E-state index in [0.29, 0.717) is 17.0 Å². The van der Waals surface area contributed by atoms with Gasteiger partial charge >= 0.3 is 0 Å². The lowest BCUT2D eigenvalue weighted by molar-refractivity contribution is -0.963. The molecule has 14 aliphatic rings. The van der Waals surface area contributed by atoms with E-state index in [2.05, 4.69) is 23.1 Å². The average Bonchev–Trinajstić information content (AvgIpc) is 2.76. The molecule has 14 fully saturated rings. The molecule has 142 valence electrons. The Kier molecular flexibility index (Phi) is 0.967. The van der Waals surface area contributed by atoms with Crippen molar-refractivity contribution < 1.29 is 4.39 Å². The maximum atomic E-state index is 16.0. The molecule has 22 atom stereocenters. The molecule has 0 nitrogen and oxygen atoms in total. The highest BCUT2D eigenvalue weighted by molar-refractivity contribution is 7.17. The third-order valence-corrected chi connectivity index (χ3v) is 20.2. The molecule has 21 unspecified atom stereocenters. The second-order valence-corrected chi connectivity index (χ2v) is 16.4. The molecule has 0 radical (unpaired) electrons. The Morgan fingerprint density at radius 2 is 1.39 bits per heavy atom. The first kappa shape index (κ1) is 12.4. The van der Waals surface area contributed by atoms with Crippen LogP contribution in [0.25, 0.3) is 0 Å². The van der Waals surface area contributed by atoms with Gasteiger partial charge in [-0.1, -0.05) is 13.8 Å². The van der Waals surface area contributed by atoms with Crippen molar-refractivity contribution >= 4 is 9.24 Å². The first-order valence-corrected chi connectivity index (χ1v) is 13.6. The van der Waals surface area contributed by atoms with Crippen LogP contribution in [0.1, 0.15) is 33.1 Å². The van der Waals surface area contributed by atoms with Gasteiger partial charge in [0.2, 0.25) is 0 Å². The molecule has 0 N–H and O–H groups in total. The van der Waals surface area contributed by atoms with Crippen LogP contribution in [0, 0.1) is 108 Å². The lowest BCUT2D eigenvalue weighted by atomic mass is 8.61. The second-order valence-electron chi connectivity index (χ2n) is 15.6. The van der Waals surface area contributed by atoms with Crippen molar-refractivity contribution in [2.75, 3.05) is 0 Å². The van der Waals surface area contributed by atoms with Gasteiger partial charge in [0.05, 0.1) is 0 Å². The first-order valence-electron chi connectivity index (χ1n) is 12.9. The van der Waals surface area contributed by atoms with Gasteiger partial charge in [0, 0.05) is 11.6 Å². The fourth-order valence-electron chi connectivity index (χ4n) is 22.6. The molecule has 28 heavy (non-hydrogen) atoms. The minimum Gasteiger partial charge on any atom is -0.246 e. The summed E-state index contributed by atoms with van der Waals surface area (Å²) in [6, 6.07) is 0. The van der Waals surface area contributed by atoms with Gasteiger partial charge in [-0.25, -0.2) is 4.39 Å². The maximum Gasteiger partial charge on any atom is 0.110 e. The van der Waals surface area contributed by atoms with E-state index in [4.69, 9.17) is 0 Å². The van der Waals surface area contributed by atoms with Gasteiger partial charge in [0.25, 0.3) is 0 Å². The predicted octanol–water partition coefficient (Wildman–Crippen LogP) is 4.01. The van der Waals surface area contributed by atoms with E-state index < -0.39 is 6.17 Å². The summed E-state index contributed by atoms with van der Waals surface area (Å²) in [6.45, 7) is 5.76. The van der Waals surface area contributed by atoms with Gasteiger partial charge in [-0.15, -0.1) is 9.24 Å². The molecule has 0 bridgehead atoms. The lowest BCUT2D eigenvalue weighted by Crippen LogP contribution is -3.39. The third kappa shape index (κ3) is 0.362. The molecule has 14 aliphatic carbocycles. The Hall–Kier alpha value is 0.360. The largest absolute Gasteiger partial charge is 0.246 e. The summed E-state index contributed by atoms with van der Waals surface area (Å²) in [5.41, 5.74) is 7.08. The highest BCUT2D eigenvalue weighted by atomic mass is 31.0. The number of hydrogen-bond donors (Lipinski definition) is 0. The molecule has 7 spiro atoms. The van der Waals surface area contributed by atoms with Crippen molar-refractivity contribution in [3.8, 4) is 0 Å². The molecule has 0 aromatic carbocycles. The summed E-state index contributed by atoms with van der Waals surface area (Å²) in [5.74, 6) is 9.82. The molecule has 0 amide bonds. The zero-order valence-corrected chi connectivity index (χ0v) is 17.7. The molecule has 0 aromatic heterocycles. The fraction of sp³-hybridized carbons (Fsp3) is 1.00. The zero-order valence-electron chi connectivity index (χ0n) is 16.5. The van der Waals surface area contributed by atoms with Crippen LogP contribution in [0.4, 0.5) is 4.39 Å². The summed E-state index contributed by atoms with van der Waals surface area (Å²) in [6.07, 6.45) is 4.31. The van der Waals surface area contributed by atoms with E-state index >= 15 is 4.39 Å². The number of halogens is 1. The third-order valence-electron chi connectivity index (χ3n) is 19.4. The van der Waals surface area contributed by atoms with Gasteiger partial charge in [-0.05, 0) is 121 Å². The van der Waals surface area contributed by atoms with Gasteiger partial charge in [0.1, 0.15) is 6.17 Å². The molecule has 0 saturated heterocycles. The Morgan fingerprint density at radius 1 is 0.714 bits per heavy atom. The van der Waals surface area contributed by atoms with Crippen molar-refractivity contribution in [1.82, 2.24) is 0 Å². The fourth-order valence-corrected chi connectivity index (χ4v) is 23.4. The van der Waals surface area contributed by atoms with Crippen molar-refractivity contribution in [3.05, 3.63) is 0 Å². The highest BCUT2D eigenvalue weighted by Gasteiger charge is 3.42. The second kappa shape index (κ2) is 2.18. The van der Waals surface area contributed by atoms with Crippen LogP contribution in [-0.4, -0.2) is 11.8 Å². The van der Waals surface area contributed by atoms with Crippen LogP contribution in [-0.2, 0) is 0 Å². The van der Waals surface area contributed by atoms with E-state index in [1.807, 2.05) is 0 Å². The normalized spacial score (nSPS) is 111. The first-order chi connectivity index (χ1) is 13.5. The Labute approximate surface area is 166 Å². The summed E-state index contributed by atoms with van der Waals surface area (Å²) in [7, 11) is 3.12. The minimum atomic E-state index is -0.447. The van der Waals surface area contributed by atoms with Crippen LogP contribution in [0.3, 0.4) is 0 Å². The summed E-state index contributed by atoms with van der Waals surface area (Å²) < 4.78 is 16.0. The standard InChI is InChI=1S/C26H26FP/c1-18-7-3-6-4-8-13-15-17(28)16(27)14-12-10-5-9-11(7)23(18)21(9,10)25(12)22(14,15)24(13)20(6,8)19(18,2)26(23,24)25/h6-17H,3-5,28H2,1-2H3/t6?,7?,8?,9?,10?,11?,12?,13?,14?,15?,16-,17?,18?,19?,20?,21?,22?,23?,24?,25?,26?/m1/s1. The van der Waals surface area contributed by atoms with E-state index in [0.717, 1.165) is 90.7 Å². The van der Waals surface area contributed by atoms with Crippen molar-refractivity contribution in [1.29, 1.82) is 0 Å². The average molecular weight is 388 g/mol. The Morgan fingerprint density at radius 3 is 2.25 bits per heavy atom. The van der Waals surface area contributed by atoms with Crippen LogP contribution in [0.2, 0.25) is 0 Å². The predicted molar refractivity (Wildman–Crippen MR) is 100 cm³/mol. The van der Waals surface area contributed by atoms with Crippen molar-refractivity contribution in [2.45, 2.75) is 44.9 Å². The highest BCUT2D eigenvalue weighted by Crippen LogP contribution is 3.43. The van der Waals surface area contributed by atoms with E-state index in [9.17, 15) is 0 Å². The Balaban J connectivity index is 1.25. The van der Waals surface area contributed by atoms with Crippen LogP contribution in [0.15, 0.2) is 0 Å². The van der Waals surface area contributed by atoms with Gasteiger partial charge in [0.15, 0.2) is 0 Å². The molecular weight excluding hydrogens is 362 g/mol. The van der Waals surface area contributed by atoms with E-state index in [1.165, 1.54) is 5.92 Å². The van der Waals surface area contributed by atoms with Crippen molar-refractivity contribution in [2.24, 2.45) is 108 Å². The number of fused-ring (bicyclic) bond motifs is 6. The smallest absolute Gasteiger partial charge is 0.110 e. The van der Waals surface area contributed by atoms with Crippen molar-refractivity contribution in [3.63, 3.8) is 0 Å². The topological polar surface area (TPSA) is 0 Å². The Bertz CT molecular complexity index is 1210. The molecule has 0 aromatic rings. The van der Waals surface area contributed by atoms with E-state index in [1.54, 1.807) is 19.3 Å². The number of hydrogen-bond acceptors (Lipinski definition) is 0. The SMILES string of the molecule is CC12C3CC4CC5C6C7C(P)[C@H](F)C8C9C%10CC%11C3C13C%11%10C91C78C67C45C2(C)C371. The molecule has 14 saturated carbocycles. The summed E-state index contributed by atoms with van der Waals surface area (Å²) in [4.78, 5) is 0. The molecule has 0 heterocycles. The molecular formula is C26H26FP. The zero-order chi connectivity index (χ0) is 17.5. The van der Waals surface area contributed by atoms with Crippen LogP contribution in [0.5, 0.6) is 0 Å². The van der Waals surface area contributed by atoms with Gasteiger partial charge in [-0.3, -0.25) is 0 Å². The number of alkyl halides is 1. The van der Waals surface area contributed by atoms with Crippen LogP contribution >= 0.6 is 9.24 Å². The van der Waals surface area contributed by atoms with E-state index in [-0.39, 0.29) is 0 Å².